The van der Waals surface area contributed by atoms with Gasteiger partial charge < -0.3 is 25.4 Å². The molecule has 0 aromatic carbocycles. The Morgan fingerprint density at radius 2 is 1.86 bits per heavy atom. The topological polar surface area (TPSA) is 104 Å². The number of ether oxygens (including phenoxy) is 2. The van der Waals surface area contributed by atoms with Gasteiger partial charge >= 0.3 is 6.09 Å². The molecule has 1 fully saturated rings. The molecule has 1 saturated heterocycles. The molecule has 2 amide bonds. The predicted molar refractivity (Wildman–Crippen MR) is 114 cm³/mol. The molecule has 0 spiro atoms. The van der Waals surface area contributed by atoms with Gasteiger partial charge in [-0.2, -0.15) is 0 Å². The number of nitrogens with zero attached hydrogens (tertiary/aromatic N) is 2. The van der Waals surface area contributed by atoms with E-state index < -0.39 is 17.4 Å². The lowest BCUT2D eigenvalue weighted by molar-refractivity contribution is -0.121. The number of carbonyl (C=O) groups is 2. The molecular formula is C20H39N5O4. The van der Waals surface area contributed by atoms with Crippen LogP contribution in [0.5, 0.6) is 0 Å². The fraction of sp³-hybridized carbons (Fsp3) is 0.850. The zero-order valence-corrected chi connectivity index (χ0v) is 19.4. The lowest BCUT2D eigenvalue weighted by Gasteiger charge is -2.35. The summed E-state index contributed by atoms with van der Waals surface area (Å²) in [5.41, 5.74) is -1.37. The fourth-order valence-corrected chi connectivity index (χ4v) is 3.23. The van der Waals surface area contributed by atoms with E-state index in [2.05, 4.69) is 20.9 Å². The summed E-state index contributed by atoms with van der Waals surface area (Å²) in [7, 11) is 1.66. The van der Waals surface area contributed by atoms with Crippen molar-refractivity contribution >= 4 is 18.0 Å². The van der Waals surface area contributed by atoms with E-state index in [-0.39, 0.29) is 24.1 Å². The average Bonchev–Trinajstić information content (AvgIpc) is 2.76. The van der Waals surface area contributed by atoms with Crippen LogP contribution >= 0.6 is 0 Å². The lowest BCUT2D eigenvalue weighted by atomic mass is 10.1. The Hall–Kier alpha value is -2.03. The first kappa shape index (κ1) is 25.0. The molecule has 0 bridgehead atoms. The minimum Gasteiger partial charge on any atom is -0.444 e. The standard InChI is InChI=1S/C20H39N5O4/c1-13(2)24-16(26)10-11-22-17(21-9)23-12-15-14(3)28-20(7,8)25(15)18(27)29-19(4,5)6/h13-15H,10-12H2,1-9H3,(H,24,26)(H2,21,22,23). The van der Waals surface area contributed by atoms with E-state index in [0.717, 1.165) is 0 Å². The van der Waals surface area contributed by atoms with Crippen molar-refractivity contribution in [3.8, 4) is 0 Å². The van der Waals surface area contributed by atoms with Crippen LogP contribution < -0.4 is 16.0 Å². The number of guanidine groups is 1. The summed E-state index contributed by atoms with van der Waals surface area (Å²) in [5.74, 6) is 0.544. The first-order valence-electron chi connectivity index (χ1n) is 10.2. The molecule has 1 heterocycles. The number of nitrogens with one attached hydrogen (secondary N) is 3. The van der Waals surface area contributed by atoms with Crippen LogP contribution in [0, 0.1) is 0 Å². The third-order valence-electron chi connectivity index (χ3n) is 4.31. The van der Waals surface area contributed by atoms with Gasteiger partial charge in [0.25, 0.3) is 0 Å². The van der Waals surface area contributed by atoms with E-state index in [9.17, 15) is 9.59 Å². The van der Waals surface area contributed by atoms with Crippen molar-refractivity contribution in [1.82, 2.24) is 20.9 Å². The van der Waals surface area contributed by atoms with Crippen LogP contribution in [0.2, 0.25) is 0 Å². The van der Waals surface area contributed by atoms with Gasteiger partial charge in [-0.1, -0.05) is 0 Å². The maximum absolute atomic E-state index is 12.8. The summed E-state index contributed by atoms with van der Waals surface area (Å²) in [6.07, 6.45) is -0.245. The van der Waals surface area contributed by atoms with Crippen molar-refractivity contribution in [3.05, 3.63) is 0 Å². The van der Waals surface area contributed by atoms with Crippen LogP contribution in [-0.2, 0) is 14.3 Å². The zero-order chi connectivity index (χ0) is 22.4. The number of hydrogen-bond acceptors (Lipinski definition) is 5. The number of amides is 2. The van der Waals surface area contributed by atoms with Crippen LogP contribution in [0.1, 0.15) is 61.8 Å². The number of aliphatic imine (C=N–C) groups is 1. The summed E-state index contributed by atoms with van der Waals surface area (Å²) < 4.78 is 11.6. The highest BCUT2D eigenvalue weighted by Gasteiger charge is 2.49. The second-order valence-electron chi connectivity index (χ2n) is 9.04. The molecule has 1 rings (SSSR count). The smallest absolute Gasteiger partial charge is 0.412 e. The van der Waals surface area contributed by atoms with Gasteiger partial charge in [-0.3, -0.25) is 14.7 Å². The van der Waals surface area contributed by atoms with Crippen molar-refractivity contribution < 1.29 is 19.1 Å². The van der Waals surface area contributed by atoms with Gasteiger partial charge in [-0.15, -0.1) is 0 Å². The van der Waals surface area contributed by atoms with Crippen molar-refractivity contribution in [2.75, 3.05) is 20.1 Å². The third-order valence-corrected chi connectivity index (χ3v) is 4.31. The largest absolute Gasteiger partial charge is 0.444 e. The van der Waals surface area contributed by atoms with E-state index in [1.54, 1.807) is 11.9 Å². The van der Waals surface area contributed by atoms with Gasteiger partial charge in [0.05, 0.1) is 12.1 Å². The molecule has 1 aliphatic rings. The summed E-state index contributed by atoms with van der Waals surface area (Å²) in [4.78, 5) is 30.4. The Morgan fingerprint density at radius 1 is 1.24 bits per heavy atom. The quantitative estimate of drug-likeness (QED) is 0.453. The second kappa shape index (κ2) is 10.1. The molecule has 0 aromatic heterocycles. The molecule has 2 unspecified atom stereocenters. The minimum absolute atomic E-state index is 0.0152. The Bertz CT molecular complexity index is 598. The lowest BCUT2D eigenvalue weighted by Crippen LogP contribution is -2.54. The molecule has 168 valence electrons. The van der Waals surface area contributed by atoms with E-state index in [1.165, 1.54) is 0 Å². The molecule has 29 heavy (non-hydrogen) atoms. The van der Waals surface area contributed by atoms with Crippen molar-refractivity contribution in [1.29, 1.82) is 0 Å². The van der Waals surface area contributed by atoms with Gasteiger partial charge in [0, 0.05) is 32.6 Å². The van der Waals surface area contributed by atoms with E-state index in [4.69, 9.17) is 9.47 Å². The van der Waals surface area contributed by atoms with Crippen molar-refractivity contribution in [2.45, 2.75) is 91.3 Å². The van der Waals surface area contributed by atoms with Crippen LogP contribution in [0.25, 0.3) is 0 Å². The average molecular weight is 414 g/mol. The highest BCUT2D eigenvalue weighted by Crippen LogP contribution is 2.33. The Labute approximate surface area is 175 Å². The summed E-state index contributed by atoms with van der Waals surface area (Å²) in [5, 5.41) is 9.19. The molecule has 9 nitrogen and oxygen atoms in total. The molecule has 0 aromatic rings. The second-order valence-corrected chi connectivity index (χ2v) is 9.04. The molecular weight excluding hydrogens is 374 g/mol. The van der Waals surface area contributed by atoms with Gasteiger partial charge in [0.15, 0.2) is 5.96 Å². The SMILES string of the molecule is CN=C(NCCC(=O)NC(C)C)NCC1C(C)OC(C)(C)N1C(=O)OC(C)(C)C. The monoisotopic (exact) mass is 413 g/mol. The first-order valence-corrected chi connectivity index (χ1v) is 10.2. The molecule has 9 heteroatoms. The summed E-state index contributed by atoms with van der Waals surface area (Å²) in [6.45, 7) is 15.9. The molecule has 1 aliphatic heterocycles. The number of rotatable bonds is 6. The first-order chi connectivity index (χ1) is 13.3. The molecule has 0 radical (unpaired) electrons. The van der Waals surface area contributed by atoms with Gasteiger partial charge in [-0.05, 0) is 55.4 Å². The molecule has 2 atom stereocenters. The van der Waals surface area contributed by atoms with Crippen LogP contribution in [-0.4, -0.2) is 72.5 Å². The third kappa shape index (κ3) is 8.08. The van der Waals surface area contributed by atoms with Gasteiger partial charge in [0.2, 0.25) is 5.91 Å². The van der Waals surface area contributed by atoms with Crippen LogP contribution in [0.4, 0.5) is 4.79 Å². The Morgan fingerprint density at radius 3 is 2.38 bits per heavy atom. The molecule has 3 N–H and O–H groups in total. The fourth-order valence-electron chi connectivity index (χ4n) is 3.23. The molecule has 0 saturated carbocycles. The van der Waals surface area contributed by atoms with E-state index >= 15 is 0 Å². The zero-order valence-electron chi connectivity index (χ0n) is 19.4. The van der Waals surface area contributed by atoms with Crippen LogP contribution in [0.3, 0.4) is 0 Å². The van der Waals surface area contributed by atoms with E-state index in [1.807, 2.05) is 55.4 Å². The van der Waals surface area contributed by atoms with Crippen molar-refractivity contribution in [2.24, 2.45) is 4.99 Å². The summed E-state index contributed by atoms with van der Waals surface area (Å²) >= 11 is 0. The van der Waals surface area contributed by atoms with Gasteiger partial charge in [0.1, 0.15) is 11.3 Å². The normalized spacial score (nSPS) is 21.9. The number of hydrogen-bond donors (Lipinski definition) is 3. The Balaban J connectivity index is 2.68. The summed E-state index contributed by atoms with van der Waals surface area (Å²) in [6, 6.07) is -0.117. The van der Waals surface area contributed by atoms with Gasteiger partial charge in [-0.25, -0.2) is 4.79 Å². The number of carbonyl (C=O) groups excluding carboxylic acids is 2. The van der Waals surface area contributed by atoms with Crippen LogP contribution in [0.15, 0.2) is 4.99 Å². The molecule has 0 aliphatic carbocycles. The highest BCUT2D eigenvalue weighted by molar-refractivity contribution is 5.81. The minimum atomic E-state index is -0.778. The highest BCUT2D eigenvalue weighted by atomic mass is 16.6. The maximum Gasteiger partial charge on any atom is 0.412 e. The Kier molecular flexibility index (Phi) is 8.74. The van der Waals surface area contributed by atoms with Crippen molar-refractivity contribution in [3.63, 3.8) is 0 Å². The predicted octanol–water partition coefficient (Wildman–Crippen LogP) is 1.83. The van der Waals surface area contributed by atoms with E-state index in [0.29, 0.717) is 25.5 Å². The maximum atomic E-state index is 12.8.